The van der Waals surface area contributed by atoms with E-state index in [1.165, 1.54) is 0 Å². The molecule has 30 heavy (non-hydrogen) atoms. The van der Waals surface area contributed by atoms with Crippen molar-refractivity contribution < 1.29 is 8.42 Å². The summed E-state index contributed by atoms with van der Waals surface area (Å²) in [4.78, 5) is 8.54. The fourth-order valence-electron chi connectivity index (χ4n) is 3.29. The van der Waals surface area contributed by atoms with E-state index in [4.69, 9.17) is 0 Å². The van der Waals surface area contributed by atoms with Gasteiger partial charge in [0.1, 0.15) is 0 Å². The van der Waals surface area contributed by atoms with Crippen molar-refractivity contribution in [2.75, 3.05) is 11.6 Å². The third kappa shape index (κ3) is 3.65. The predicted molar refractivity (Wildman–Crippen MR) is 114 cm³/mol. The van der Waals surface area contributed by atoms with E-state index in [0.717, 1.165) is 23.1 Å². The predicted octanol–water partition coefficient (Wildman–Crippen LogP) is 3.01. The summed E-state index contributed by atoms with van der Waals surface area (Å²) in [5.41, 5.74) is 3.23. The lowest BCUT2D eigenvalue weighted by Crippen LogP contribution is -2.17. The zero-order valence-corrected chi connectivity index (χ0v) is 18.0. The van der Waals surface area contributed by atoms with Crippen LogP contribution in [0.1, 0.15) is 43.9 Å². The lowest BCUT2D eigenvalue weighted by molar-refractivity contribution is 0.591. The number of fused-ring (bicyclic) bond motifs is 1. The van der Waals surface area contributed by atoms with Gasteiger partial charge in [-0.2, -0.15) is 24.7 Å². The number of aromatic nitrogens is 6. The molecule has 0 aliphatic heterocycles. The number of hydrogen-bond donors (Lipinski definition) is 1. The van der Waals surface area contributed by atoms with E-state index in [9.17, 15) is 8.42 Å². The van der Waals surface area contributed by atoms with Crippen LogP contribution in [0.5, 0.6) is 0 Å². The Morgan fingerprint density at radius 3 is 2.43 bits per heavy atom. The molecule has 3 heterocycles. The van der Waals surface area contributed by atoms with Crippen molar-refractivity contribution in [2.45, 2.75) is 37.9 Å². The Kier molecular flexibility index (Phi) is 5.02. The Hall–Kier alpha value is -3.27. The molecule has 0 saturated carbocycles. The summed E-state index contributed by atoms with van der Waals surface area (Å²) >= 11 is 0. The van der Waals surface area contributed by atoms with Crippen molar-refractivity contribution in [1.82, 2.24) is 29.4 Å². The molecule has 0 bridgehead atoms. The van der Waals surface area contributed by atoms with Crippen LogP contribution in [0.3, 0.4) is 0 Å². The summed E-state index contributed by atoms with van der Waals surface area (Å²) in [6.45, 7) is 5.99. The maximum absolute atomic E-state index is 12.2. The summed E-state index contributed by atoms with van der Waals surface area (Å²) < 4.78 is 27.7. The molecule has 9 nitrogen and oxygen atoms in total. The minimum atomic E-state index is -3.60. The van der Waals surface area contributed by atoms with E-state index < -0.39 is 9.84 Å². The van der Waals surface area contributed by atoms with Crippen molar-refractivity contribution in [2.24, 2.45) is 0 Å². The second kappa shape index (κ2) is 7.52. The maximum atomic E-state index is 12.2. The highest BCUT2D eigenvalue weighted by Gasteiger charge is 2.21. The summed E-state index contributed by atoms with van der Waals surface area (Å²) in [6, 6.07) is 9.51. The third-order valence-corrected chi connectivity index (χ3v) is 5.67. The number of hydrogen-bond acceptors (Lipinski definition) is 7. The Morgan fingerprint density at radius 2 is 1.77 bits per heavy atom. The highest BCUT2D eigenvalue weighted by Crippen LogP contribution is 2.26. The zero-order valence-electron chi connectivity index (χ0n) is 17.2. The molecule has 1 unspecified atom stereocenters. The van der Waals surface area contributed by atoms with E-state index in [-0.39, 0.29) is 17.1 Å². The van der Waals surface area contributed by atoms with Gasteiger partial charge in [-0.25, -0.2) is 13.1 Å². The Morgan fingerprint density at radius 1 is 1.00 bits per heavy atom. The molecule has 1 atom stereocenters. The van der Waals surface area contributed by atoms with E-state index in [0.29, 0.717) is 11.6 Å². The van der Waals surface area contributed by atoms with E-state index in [1.807, 2.05) is 57.3 Å². The van der Waals surface area contributed by atoms with Gasteiger partial charge in [0.15, 0.2) is 5.65 Å². The smallest absolute Gasteiger partial charge is 0.252 e. The van der Waals surface area contributed by atoms with Gasteiger partial charge in [-0.3, -0.25) is 0 Å². The molecule has 1 N–H and O–H groups in total. The normalized spacial score (nSPS) is 13.1. The van der Waals surface area contributed by atoms with Crippen LogP contribution >= 0.6 is 0 Å². The van der Waals surface area contributed by atoms with Gasteiger partial charge in [0.05, 0.1) is 17.9 Å². The minimum Gasteiger partial charge on any atom is -0.347 e. The van der Waals surface area contributed by atoms with Crippen molar-refractivity contribution >= 4 is 21.4 Å². The second-order valence-electron chi connectivity index (χ2n) is 7.47. The van der Waals surface area contributed by atoms with Gasteiger partial charge in [0.2, 0.25) is 15.8 Å². The van der Waals surface area contributed by atoms with Crippen LogP contribution in [0, 0.1) is 0 Å². The molecule has 0 saturated heterocycles. The standard InChI is InChI=1S/C20H23N7O2S/c1-13(2)16-12-22-27-18(16)24-20(30(4,28)29)25-19(27)23-14(3)15-8-5-6-9-17(15)26-11-7-10-21-26/h5-14H,1-4H3,(H,23,24,25). The summed E-state index contributed by atoms with van der Waals surface area (Å²) in [5, 5.41) is 11.8. The van der Waals surface area contributed by atoms with Gasteiger partial charge in [-0.1, -0.05) is 32.0 Å². The zero-order chi connectivity index (χ0) is 21.5. The molecule has 0 spiro atoms. The summed E-state index contributed by atoms with van der Waals surface area (Å²) in [7, 11) is -3.60. The van der Waals surface area contributed by atoms with Gasteiger partial charge in [-0.15, -0.1) is 0 Å². The largest absolute Gasteiger partial charge is 0.347 e. The number of rotatable bonds is 6. The molecule has 3 aromatic heterocycles. The van der Waals surface area contributed by atoms with Crippen molar-refractivity contribution in [1.29, 1.82) is 0 Å². The first kappa shape index (κ1) is 20.0. The summed E-state index contributed by atoms with van der Waals surface area (Å²) in [5.74, 6) is 0.450. The number of nitrogens with zero attached hydrogens (tertiary/aromatic N) is 6. The number of benzene rings is 1. The lowest BCUT2D eigenvalue weighted by atomic mass is 10.1. The number of nitrogens with one attached hydrogen (secondary N) is 1. The van der Waals surface area contributed by atoms with Crippen LogP contribution in [0.4, 0.5) is 5.95 Å². The molecule has 1 aromatic carbocycles. The van der Waals surface area contributed by atoms with Crippen LogP contribution in [0.2, 0.25) is 0 Å². The molecular weight excluding hydrogens is 402 g/mol. The Labute approximate surface area is 174 Å². The van der Waals surface area contributed by atoms with E-state index in [2.05, 4.69) is 25.5 Å². The highest BCUT2D eigenvalue weighted by atomic mass is 32.2. The van der Waals surface area contributed by atoms with Crippen LogP contribution in [0.25, 0.3) is 11.3 Å². The molecule has 0 radical (unpaired) electrons. The fraction of sp³-hybridized carbons (Fsp3) is 0.300. The van der Waals surface area contributed by atoms with E-state index >= 15 is 0 Å². The SMILES string of the molecule is CC(C)c1cnn2c(NC(C)c3ccccc3-n3cccn3)nc(S(C)(=O)=O)nc12. The molecule has 0 amide bonds. The lowest BCUT2D eigenvalue weighted by Gasteiger charge is -2.19. The van der Waals surface area contributed by atoms with Gasteiger partial charge in [-0.05, 0) is 30.5 Å². The quantitative estimate of drug-likeness (QED) is 0.506. The molecule has 156 valence electrons. The Bertz CT molecular complexity index is 1290. The first-order valence-electron chi connectivity index (χ1n) is 9.57. The Balaban J connectivity index is 1.81. The van der Waals surface area contributed by atoms with Crippen LogP contribution in [0.15, 0.2) is 54.1 Å². The average Bonchev–Trinajstić information content (AvgIpc) is 3.37. The first-order chi connectivity index (χ1) is 14.3. The van der Waals surface area contributed by atoms with Crippen LogP contribution < -0.4 is 5.32 Å². The third-order valence-electron chi connectivity index (χ3n) is 4.83. The van der Waals surface area contributed by atoms with Crippen molar-refractivity contribution in [3.05, 3.63) is 60.0 Å². The van der Waals surface area contributed by atoms with Crippen LogP contribution in [-0.2, 0) is 9.84 Å². The average molecular weight is 426 g/mol. The number of sulfone groups is 1. The molecule has 0 aliphatic rings. The number of anilines is 1. The topological polar surface area (TPSA) is 107 Å². The van der Waals surface area contributed by atoms with Gasteiger partial charge in [0.25, 0.3) is 5.16 Å². The van der Waals surface area contributed by atoms with Gasteiger partial charge >= 0.3 is 0 Å². The van der Waals surface area contributed by atoms with Crippen molar-refractivity contribution in [3.63, 3.8) is 0 Å². The highest BCUT2D eigenvalue weighted by molar-refractivity contribution is 7.90. The van der Waals surface area contributed by atoms with E-state index in [1.54, 1.807) is 21.6 Å². The molecule has 0 fully saturated rings. The molecule has 4 rings (SSSR count). The van der Waals surface area contributed by atoms with Gasteiger partial charge in [0, 0.05) is 24.2 Å². The first-order valence-corrected chi connectivity index (χ1v) is 11.5. The van der Waals surface area contributed by atoms with Crippen molar-refractivity contribution in [3.8, 4) is 5.69 Å². The monoisotopic (exact) mass is 425 g/mol. The van der Waals surface area contributed by atoms with Gasteiger partial charge < -0.3 is 5.32 Å². The minimum absolute atomic E-state index is 0.135. The molecule has 10 heteroatoms. The van der Waals surface area contributed by atoms with Crippen LogP contribution in [-0.4, -0.2) is 44.0 Å². The molecule has 4 aromatic rings. The fourth-order valence-corrected chi connectivity index (χ4v) is 3.79. The maximum Gasteiger partial charge on any atom is 0.252 e. The summed E-state index contributed by atoms with van der Waals surface area (Å²) in [6.07, 6.45) is 6.40. The molecular formula is C20H23N7O2S. The number of para-hydroxylation sites is 1. The molecule has 0 aliphatic carbocycles. The second-order valence-corrected chi connectivity index (χ2v) is 9.38.